The largest absolute Gasteiger partial charge is 0.491 e. The predicted octanol–water partition coefficient (Wildman–Crippen LogP) is 1.74. The minimum atomic E-state index is -0.572. The van der Waals surface area contributed by atoms with E-state index in [1.807, 2.05) is 38.1 Å². The zero-order valence-electron chi connectivity index (χ0n) is 11.3. The Morgan fingerprint density at radius 1 is 1.28 bits per heavy atom. The Morgan fingerprint density at radius 3 is 2.67 bits per heavy atom. The molecule has 1 atom stereocenters. The number of hydrogen-bond donors (Lipinski definition) is 2. The Labute approximate surface area is 109 Å². The van der Waals surface area contributed by atoms with Gasteiger partial charge in [0.2, 0.25) is 0 Å². The van der Waals surface area contributed by atoms with Crippen molar-refractivity contribution in [2.24, 2.45) is 0 Å². The lowest BCUT2D eigenvalue weighted by molar-refractivity contribution is 0.154. The fourth-order valence-electron chi connectivity index (χ4n) is 1.64. The van der Waals surface area contributed by atoms with Gasteiger partial charge in [0.1, 0.15) is 5.75 Å². The number of para-hydroxylation sites is 1. The van der Waals surface area contributed by atoms with E-state index in [9.17, 15) is 5.11 Å². The van der Waals surface area contributed by atoms with Crippen molar-refractivity contribution in [1.29, 1.82) is 0 Å². The third-order valence-electron chi connectivity index (χ3n) is 2.46. The molecule has 0 aliphatic rings. The highest BCUT2D eigenvalue weighted by molar-refractivity contribution is 5.35. The highest BCUT2D eigenvalue weighted by Gasteiger charge is 2.13. The van der Waals surface area contributed by atoms with E-state index in [0.717, 1.165) is 17.9 Å². The summed E-state index contributed by atoms with van der Waals surface area (Å²) >= 11 is 0. The van der Waals surface area contributed by atoms with Crippen LogP contribution in [0, 0.1) is 0 Å². The first-order valence-corrected chi connectivity index (χ1v) is 6.28. The van der Waals surface area contributed by atoms with E-state index in [1.165, 1.54) is 0 Å². The van der Waals surface area contributed by atoms with Crippen molar-refractivity contribution in [2.45, 2.75) is 26.1 Å². The average molecular weight is 253 g/mol. The second-order valence-electron chi connectivity index (χ2n) is 4.42. The molecule has 0 aromatic heterocycles. The first-order valence-electron chi connectivity index (χ1n) is 6.28. The molecule has 0 aliphatic heterocycles. The molecule has 0 heterocycles. The van der Waals surface area contributed by atoms with Crippen LogP contribution in [0.3, 0.4) is 0 Å². The third-order valence-corrected chi connectivity index (χ3v) is 2.46. The summed E-state index contributed by atoms with van der Waals surface area (Å²) in [4.78, 5) is 0. The molecule has 1 aromatic carbocycles. The van der Waals surface area contributed by atoms with Crippen molar-refractivity contribution >= 4 is 0 Å². The Balaban J connectivity index is 2.57. The van der Waals surface area contributed by atoms with E-state index in [2.05, 4.69) is 5.32 Å². The predicted molar refractivity (Wildman–Crippen MR) is 71.9 cm³/mol. The molecule has 2 N–H and O–H groups in total. The van der Waals surface area contributed by atoms with Crippen LogP contribution in [-0.4, -0.2) is 38.0 Å². The summed E-state index contributed by atoms with van der Waals surface area (Å²) in [6.07, 6.45) is -0.475. The number of methoxy groups -OCH3 is 1. The topological polar surface area (TPSA) is 50.7 Å². The lowest BCUT2D eigenvalue weighted by atomic mass is 10.1. The number of benzene rings is 1. The summed E-state index contributed by atoms with van der Waals surface area (Å²) < 4.78 is 10.6. The lowest BCUT2D eigenvalue weighted by Gasteiger charge is -2.18. The van der Waals surface area contributed by atoms with Crippen molar-refractivity contribution in [3.63, 3.8) is 0 Å². The van der Waals surface area contributed by atoms with Crippen molar-refractivity contribution in [3.05, 3.63) is 29.8 Å². The Kier molecular flexibility index (Phi) is 6.72. The summed E-state index contributed by atoms with van der Waals surface area (Å²) in [7, 11) is 1.66. The first kappa shape index (κ1) is 15.0. The molecule has 0 fully saturated rings. The zero-order valence-corrected chi connectivity index (χ0v) is 11.3. The molecule has 1 aromatic rings. The maximum atomic E-state index is 10.1. The summed E-state index contributed by atoms with van der Waals surface area (Å²) in [5.41, 5.74) is 0.816. The molecule has 4 nitrogen and oxygen atoms in total. The van der Waals surface area contributed by atoms with Crippen molar-refractivity contribution in [3.8, 4) is 5.75 Å². The monoisotopic (exact) mass is 253 g/mol. The van der Waals surface area contributed by atoms with Gasteiger partial charge in [0.25, 0.3) is 0 Å². The van der Waals surface area contributed by atoms with Crippen LogP contribution in [-0.2, 0) is 4.74 Å². The number of aliphatic hydroxyl groups excluding tert-OH is 1. The van der Waals surface area contributed by atoms with Crippen LogP contribution in [0.1, 0.15) is 25.5 Å². The molecule has 1 rings (SSSR count). The lowest BCUT2D eigenvalue weighted by Crippen LogP contribution is -2.25. The van der Waals surface area contributed by atoms with Crippen LogP contribution in [0.2, 0.25) is 0 Å². The summed E-state index contributed by atoms with van der Waals surface area (Å²) in [5, 5.41) is 13.3. The minimum absolute atomic E-state index is 0.0970. The van der Waals surface area contributed by atoms with Gasteiger partial charge >= 0.3 is 0 Å². The zero-order chi connectivity index (χ0) is 13.4. The Morgan fingerprint density at radius 2 is 2.00 bits per heavy atom. The van der Waals surface area contributed by atoms with E-state index in [1.54, 1.807) is 7.11 Å². The maximum Gasteiger partial charge on any atom is 0.125 e. The van der Waals surface area contributed by atoms with Crippen LogP contribution < -0.4 is 10.1 Å². The molecule has 18 heavy (non-hydrogen) atoms. The number of nitrogens with one attached hydrogen (secondary N) is 1. The molecular weight excluding hydrogens is 230 g/mol. The molecule has 0 saturated carbocycles. The van der Waals surface area contributed by atoms with E-state index < -0.39 is 6.10 Å². The first-order chi connectivity index (χ1) is 8.65. The Hall–Kier alpha value is -1.10. The van der Waals surface area contributed by atoms with Gasteiger partial charge < -0.3 is 19.9 Å². The molecule has 0 radical (unpaired) electrons. The molecule has 0 spiro atoms. The van der Waals surface area contributed by atoms with Crippen molar-refractivity contribution in [2.75, 3.05) is 26.8 Å². The SMILES string of the molecule is COCCNCC(O)c1ccccc1OC(C)C. The average Bonchev–Trinajstić information content (AvgIpc) is 2.34. The van der Waals surface area contributed by atoms with Gasteiger partial charge in [-0.15, -0.1) is 0 Å². The minimum Gasteiger partial charge on any atom is -0.491 e. The van der Waals surface area contributed by atoms with Gasteiger partial charge in [0, 0.05) is 25.8 Å². The summed E-state index contributed by atoms with van der Waals surface area (Å²) in [6, 6.07) is 7.58. The third kappa shape index (κ3) is 5.04. The van der Waals surface area contributed by atoms with Crippen LogP contribution in [0.5, 0.6) is 5.75 Å². The second kappa shape index (κ2) is 8.08. The molecule has 0 aliphatic carbocycles. The van der Waals surface area contributed by atoms with E-state index >= 15 is 0 Å². The fourth-order valence-corrected chi connectivity index (χ4v) is 1.64. The van der Waals surface area contributed by atoms with Crippen LogP contribution in [0.25, 0.3) is 0 Å². The standard InChI is InChI=1S/C14H23NO3/c1-11(2)18-14-7-5-4-6-12(14)13(16)10-15-8-9-17-3/h4-7,11,13,15-16H,8-10H2,1-3H3. The molecule has 0 saturated heterocycles. The smallest absolute Gasteiger partial charge is 0.125 e. The van der Waals surface area contributed by atoms with Crippen LogP contribution in [0.4, 0.5) is 0 Å². The number of rotatable bonds is 8. The highest BCUT2D eigenvalue weighted by atomic mass is 16.5. The quantitative estimate of drug-likeness (QED) is 0.693. The van der Waals surface area contributed by atoms with E-state index in [-0.39, 0.29) is 6.10 Å². The number of ether oxygens (including phenoxy) is 2. The molecule has 1 unspecified atom stereocenters. The van der Waals surface area contributed by atoms with Gasteiger partial charge in [0.05, 0.1) is 18.8 Å². The molecule has 0 amide bonds. The normalized spacial score (nSPS) is 12.7. The van der Waals surface area contributed by atoms with Crippen molar-refractivity contribution in [1.82, 2.24) is 5.32 Å². The molecular formula is C14H23NO3. The number of hydrogen-bond acceptors (Lipinski definition) is 4. The maximum absolute atomic E-state index is 10.1. The molecule has 0 bridgehead atoms. The molecule has 4 heteroatoms. The highest BCUT2D eigenvalue weighted by Crippen LogP contribution is 2.25. The van der Waals surface area contributed by atoms with Gasteiger partial charge in [-0.2, -0.15) is 0 Å². The fraction of sp³-hybridized carbons (Fsp3) is 0.571. The summed E-state index contributed by atoms with van der Waals surface area (Å²) in [5.74, 6) is 0.744. The van der Waals surface area contributed by atoms with Crippen LogP contribution >= 0.6 is 0 Å². The van der Waals surface area contributed by atoms with E-state index in [4.69, 9.17) is 9.47 Å². The molecule has 102 valence electrons. The van der Waals surface area contributed by atoms with Gasteiger partial charge in [-0.1, -0.05) is 18.2 Å². The van der Waals surface area contributed by atoms with E-state index in [0.29, 0.717) is 13.2 Å². The number of aliphatic hydroxyl groups is 1. The second-order valence-corrected chi connectivity index (χ2v) is 4.42. The Bertz CT molecular complexity index is 342. The van der Waals surface area contributed by atoms with Crippen LogP contribution in [0.15, 0.2) is 24.3 Å². The van der Waals surface area contributed by atoms with Gasteiger partial charge in [0.15, 0.2) is 0 Å². The summed E-state index contributed by atoms with van der Waals surface area (Å²) in [6.45, 7) is 5.79. The van der Waals surface area contributed by atoms with Crippen molar-refractivity contribution < 1.29 is 14.6 Å². The van der Waals surface area contributed by atoms with Gasteiger partial charge in [-0.05, 0) is 19.9 Å². The van der Waals surface area contributed by atoms with Gasteiger partial charge in [-0.25, -0.2) is 0 Å². The van der Waals surface area contributed by atoms with Gasteiger partial charge in [-0.3, -0.25) is 0 Å².